The first kappa shape index (κ1) is 65.0. The number of aliphatic hydroxyl groups is 8. The van der Waals surface area contributed by atoms with Gasteiger partial charge in [-0.25, -0.2) is 0 Å². The van der Waals surface area contributed by atoms with Crippen molar-refractivity contribution in [3.63, 3.8) is 0 Å². The smallest absolute Gasteiger partial charge is 0.0590 e. The van der Waals surface area contributed by atoms with Gasteiger partial charge in [0.05, 0.1) is 24.4 Å². The zero-order chi connectivity index (χ0) is 31.9. The maximum absolute atomic E-state index is 9.35. The molecule has 0 aromatic heterocycles. The molecule has 0 fully saturated rings. The molecule has 0 aromatic rings. The maximum atomic E-state index is 9.35. The third-order valence-electron chi connectivity index (χ3n) is 7.55. The van der Waals surface area contributed by atoms with E-state index in [1.54, 1.807) is 0 Å². The van der Waals surface area contributed by atoms with Crippen molar-refractivity contribution < 1.29 is 128 Å². The van der Waals surface area contributed by atoms with Gasteiger partial charge in [0, 0.05) is 137 Å². The Labute approximate surface area is 331 Å². The summed E-state index contributed by atoms with van der Waals surface area (Å²) in [6.45, 7) is 16.5. The summed E-state index contributed by atoms with van der Waals surface area (Å²) in [6, 6.07) is 0. The first-order chi connectivity index (χ1) is 19.0. The van der Waals surface area contributed by atoms with Crippen molar-refractivity contribution in [3.8, 4) is 0 Å². The average Bonchev–Trinajstić information content (AvgIpc) is 2.93. The van der Waals surface area contributed by atoms with E-state index in [2.05, 4.69) is 0 Å². The Morgan fingerprint density at radius 3 is 0.523 bits per heavy atom. The van der Waals surface area contributed by atoms with Gasteiger partial charge in [0.2, 0.25) is 0 Å². The van der Waals surface area contributed by atoms with E-state index in [1.807, 2.05) is 55.4 Å². The van der Waals surface area contributed by atoms with Crippen molar-refractivity contribution in [2.45, 2.75) is 157 Å². The van der Waals surface area contributed by atoms with Crippen LogP contribution >= 0.6 is 0 Å². The molecule has 0 aliphatic rings. The van der Waals surface area contributed by atoms with E-state index < -0.39 is 0 Å². The Morgan fingerprint density at radius 1 is 0.318 bits per heavy atom. The first-order valence-electron chi connectivity index (χ1n) is 16.2. The fourth-order valence-corrected chi connectivity index (χ4v) is 4.22. The van der Waals surface area contributed by atoms with Crippen LogP contribution in [0, 0.1) is 23.7 Å². The molecule has 0 amide bonds. The van der Waals surface area contributed by atoms with Gasteiger partial charge in [-0.15, -0.1) is 0 Å². The summed E-state index contributed by atoms with van der Waals surface area (Å²) in [5, 5.41) is 72.4. The zero-order valence-electron chi connectivity index (χ0n) is 29.5. The Kier molecular flexibility index (Phi) is 73.7. The minimum absolute atomic E-state index is 0. The first-order valence-corrected chi connectivity index (χ1v) is 16.2. The van der Waals surface area contributed by atoms with Crippen LogP contribution in [0.1, 0.15) is 132 Å². The normalized spacial score (nSPS) is 15.3. The average molecular weight is 776 g/mol. The number of rotatable bonds is 20. The Balaban J connectivity index is -0.0000000635. The van der Waals surface area contributed by atoms with Crippen molar-refractivity contribution in [1.82, 2.24) is 0 Å². The second kappa shape index (κ2) is 49.9. The molecule has 44 heavy (non-hydrogen) atoms. The van der Waals surface area contributed by atoms with Crippen molar-refractivity contribution in [2.24, 2.45) is 23.7 Å². The summed E-state index contributed by atoms with van der Waals surface area (Å²) < 4.78 is 0. The Hall–Kier alpha value is 2.54. The molecule has 0 rings (SSSR count). The summed E-state index contributed by atoms with van der Waals surface area (Å²) in [6.07, 6.45) is 9.37. The molecule has 0 heterocycles. The fraction of sp³-hybridized carbons (Fsp3) is 1.00. The van der Waals surface area contributed by atoms with E-state index >= 15 is 0 Å². The van der Waals surface area contributed by atoms with Gasteiger partial charge < -0.3 is 40.9 Å². The second-order valence-electron chi connectivity index (χ2n) is 10.8. The molecule has 8 nitrogen and oxygen atoms in total. The summed E-state index contributed by atoms with van der Waals surface area (Å²) >= 11 is 0. The Bertz CT molecular complexity index is 378. The minimum atomic E-state index is -0.306. The van der Waals surface area contributed by atoms with Gasteiger partial charge in [-0.3, -0.25) is 0 Å². The number of aliphatic hydroxyl groups excluding tert-OH is 8. The molecular formula is C32H72O8Ti4. The molecule has 0 aliphatic heterocycles. The predicted octanol–water partition coefficient (Wildman–Crippen LogP) is 4.65. The number of hydrogen-bond donors (Lipinski definition) is 8. The van der Waals surface area contributed by atoms with Crippen molar-refractivity contribution in [3.05, 3.63) is 0 Å². The van der Waals surface area contributed by atoms with Gasteiger partial charge in [0.1, 0.15) is 0 Å². The van der Waals surface area contributed by atoms with Crippen LogP contribution in [0.25, 0.3) is 0 Å². The van der Waals surface area contributed by atoms with Crippen LogP contribution in [0.4, 0.5) is 0 Å². The summed E-state index contributed by atoms with van der Waals surface area (Å²) in [5.41, 5.74) is 0. The third-order valence-corrected chi connectivity index (χ3v) is 7.55. The number of hydrogen-bond acceptors (Lipinski definition) is 8. The molecule has 0 spiro atoms. The van der Waals surface area contributed by atoms with Crippen LogP contribution in [0.5, 0.6) is 0 Å². The van der Waals surface area contributed by atoms with E-state index in [9.17, 15) is 20.4 Å². The largest absolute Gasteiger partial charge is 0.396 e. The molecule has 0 radical (unpaired) electrons. The molecule has 8 unspecified atom stereocenters. The topological polar surface area (TPSA) is 162 Å². The molecule has 264 valence electrons. The van der Waals surface area contributed by atoms with E-state index in [0.717, 1.165) is 77.0 Å². The SMILES string of the molecule is CCCC(O)C(CC)CO.CCCC(O)C(CC)CO.CCCC(O)C(CC)CO.CCCC(O)C(CC)CO.[Ti].[Ti].[Ti].[Ti]. The van der Waals surface area contributed by atoms with Crippen LogP contribution in [0.2, 0.25) is 0 Å². The quantitative estimate of drug-likeness (QED) is 0.0830. The van der Waals surface area contributed by atoms with Crippen LogP contribution in [-0.4, -0.2) is 91.7 Å². The fourth-order valence-electron chi connectivity index (χ4n) is 4.22. The molecule has 12 heteroatoms. The van der Waals surface area contributed by atoms with Gasteiger partial charge >= 0.3 is 0 Å². The molecule has 0 saturated carbocycles. The third kappa shape index (κ3) is 39.0. The summed E-state index contributed by atoms with van der Waals surface area (Å²) in [4.78, 5) is 0. The van der Waals surface area contributed by atoms with Crippen LogP contribution < -0.4 is 0 Å². The molecule has 0 aromatic carbocycles. The minimum Gasteiger partial charge on any atom is -0.396 e. The van der Waals surface area contributed by atoms with Crippen molar-refractivity contribution in [2.75, 3.05) is 26.4 Å². The van der Waals surface area contributed by atoms with Gasteiger partial charge in [-0.1, -0.05) is 81.1 Å². The molecule has 0 bridgehead atoms. The standard InChI is InChI=1S/4C8H18O2.4Ti/c4*1-3-5-8(10)7(4-2)6-9;;;;/h4*7-10H,3-6H2,1-2H3;;;;. The van der Waals surface area contributed by atoms with Crippen molar-refractivity contribution >= 4 is 0 Å². The van der Waals surface area contributed by atoms with Gasteiger partial charge in [-0.2, -0.15) is 0 Å². The van der Waals surface area contributed by atoms with Crippen molar-refractivity contribution in [1.29, 1.82) is 0 Å². The van der Waals surface area contributed by atoms with Crippen LogP contribution in [-0.2, 0) is 86.9 Å². The van der Waals surface area contributed by atoms with E-state index in [0.29, 0.717) is 0 Å². The summed E-state index contributed by atoms with van der Waals surface area (Å²) in [7, 11) is 0. The molecule has 0 saturated heterocycles. The zero-order valence-corrected chi connectivity index (χ0v) is 35.8. The van der Waals surface area contributed by atoms with Gasteiger partial charge in [-0.05, 0) is 51.4 Å². The maximum Gasteiger partial charge on any atom is 0.0590 e. The van der Waals surface area contributed by atoms with Gasteiger partial charge in [0.15, 0.2) is 0 Å². The van der Waals surface area contributed by atoms with Crippen LogP contribution in [0.15, 0.2) is 0 Å². The molecule has 8 N–H and O–H groups in total. The van der Waals surface area contributed by atoms with E-state index in [-0.39, 0.29) is 161 Å². The van der Waals surface area contributed by atoms with Crippen LogP contribution in [0.3, 0.4) is 0 Å². The van der Waals surface area contributed by atoms with Gasteiger partial charge in [0.25, 0.3) is 0 Å². The molecule has 8 atom stereocenters. The van der Waals surface area contributed by atoms with E-state index in [1.165, 1.54) is 0 Å². The Morgan fingerprint density at radius 2 is 0.455 bits per heavy atom. The summed E-state index contributed by atoms with van der Waals surface area (Å²) in [5.74, 6) is 0.333. The van der Waals surface area contributed by atoms with E-state index in [4.69, 9.17) is 20.4 Å². The second-order valence-corrected chi connectivity index (χ2v) is 10.8. The monoisotopic (exact) mass is 776 g/mol. The molecule has 0 aliphatic carbocycles. The molecular weight excluding hydrogens is 704 g/mol. The predicted molar refractivity (Wildman–Crippen MR) is 167 cm³/mol.